The molecule has 0 fully saturated rings. The smallest absolute Gasteiger partial charge is 0.302 e. The van der Waals surface area contributed by atoms with Gasteiger partial charge in [-0.05, 0) is 31.2 Å². The molecule has 2 atom stereocenters. The zero-order chi connectivity index (χ0) is 19.3. The van der Waals surface area contributed by atoms with Gasteiger partial charge in [-0.15, -0.1) is 6.58 Å². The maximum Gasteiger partial charge on any atom is 0.302 e. The normalized spacial score (nSPS) is 20.2. The van der Waals surface area contributed by atoms with Crippen LogP contribution < -0.4 is 0 Å². The molecule has 1 unspecified atom stereocenters. The van der Waals surface area contributed by atoms with Crippen molar-refractivity contribution in [2.75, 3.05) is 13.2 Å². The van der Waals surface area contributed by atoms with Crippen molar-refractivity contribution >= 4 is 21.8 Å². The molecule has 0 spiro atoms. The molecule has 140 valence electrons. The van der Waals surface area contributed by atoms with E-state index in [1.165, 1.54) is 37.3 Å². The summed E-state index contributed by atoms with van der Waals surface area (Å²) in [6.45, 7) is 6.43. The average Bonchev–Trinajstić information content (AvgIpc) is 2.59. The molecule has 1 aliphatic heterocycles. The van der Waals surface area contributed by atoms with Crippen molar-refractivity contribution in [3.05, 3.63) is 54.6 Å². The number of rotatable bonds is 7. The Balaban J connectivity index is 2.31. The van der Waals surface area contributed by atoms with E-state index in [2.05, 4.69) is 6.58 Å². The zero-order valence-corrected chi connectivity index (χ0v) is 15.4. The minimum Gasteiger partial charge on any atom is -0.463 e. The van der Waals surface area contributed by atoms with E-state index < -0.39 is 34.1 Å². The van der Waals surface area contributed by atoms with E-state index in [-0.39, 0.29) is 18.0 Å². The number of benzene rings is 1. The Hall–Kier alpha value is -2.29. The van der Waals surface area contributed by atoms with Crippen LogP contribution in [0.5, 0.6) is 0 Å². The fourth-order valence-electron chi connectivity index (χ4n) is 2.36. The fraction of sp³-hybridized carbons (Fsp3) is 0.333. The Morgan fingerprint density at radius 3 is 2.58 bits per heavy atom. The van der Waals surface area contributed by atoms with Crippen molar-refractivity contribution < 1.29 is 27.5 Å². The summed E-state index contributed by atoms with van der Waals surface area (Å²) < 4.78 is 37.4. The van der Waals surface area contributed by atoms with E-state index in [1.807, 2.05) is 6.92 Å². The zero-order valence-electron chi connectivity index (χ0n) is 14.6. The van der Waals surface area contributed by atoms with Gasteiger partial charge in [-0.25, -0.2) is 8.42 Å². The maximum atomic E-state index is 13.0. The molecular formula is C18H21NO6S. The van der Waals surface area contributed by atoms with E-state index in [0.29, 0.717) is 0 Å². The predicted octanol–water partition coefficient (Wildman–Crippen LogP) is 1.59. The number of sulfonamides is 1. The lowest BCUT2D eigenvalue weighted by atomic mass is 10.2. The first-order valence-corrected chi connectivity index (χ1v) is 9.40. The van der Waals surface area contributed by atoms with Crippen molar-refractivity contribution in [1.82, 2.24) is 4.31 Å². The van der Waals surface area contributed by atoms with Gasteiger partial charge in [0.15, 0.2) is 12.0 Å². The molecular weight excluding hydrogens is 358 g/mol. The summed E-state index contributed by atoms with van der Waals surface area (Å²) in [5.41, 5.74) is 0.911. The Bertz CT molecular complexity index is 813. The van der Waals surface area contributed by atoms with E-state index in [1.54, 1.807) is 12.1 Å². The van der Waals surface area contributed by atoms with Crippen LogP contribution in [0.15, 0.2) is 54.0 Å². The van der Waals surface area contributed by atoms with Gasteiger partial charge >= 0.3 is 5.97 Å². The molecule has 0 N–H and O–H groups in total. The molecule has 0 saturated carbocycles. The van der Waals surface area contributed by atoms with E-state index in [4.69, 9.17) is 9.47 Å². The molecule has 1 heterocycles. The predicted molar refractivity (Wildman–Crippen MR) is 94.7 cm³/mol. The number of aryl methyl sites for hydroxylation is 1. The second-order valence-electron chi connectivity index (χ2n) is 5.77. The molecule has 1 aromatic carbocycles. The van der Waals surface area contributed by atoms with Crippen molar-refractivity contribution in [2.45, 2.75) is 31.1 Å². The summed E-state index contributed by atoms with van der Waals surface area (Å²) in [5, 5.41) is 0. The average molecular weight is 379 g/mol. The molecule has 0 aliphatic carbocycles. The van der Waals surface area contributed by atoms with Gasteiger partial charge in [0.05, 0.1) is 4.90 Å². The summed E-state index contributed by atoms with van der Waals surface area (Å²) in [5.74, 6) is -1.01. The van der Waals surface area contributed by atoms with Gasteiger partial charge in [0.2, 0.25) is 10.0 Å². The topological polar surface area (TPSA) is 90.0 Å². The van der Waals surface area contributed by atoms with Crippen LogP contribution in [0.2, 0.25) is 0 Å². The summed E-state index contributed by atoms with van der Waals surface area (Å²) in [7, 11) is -3.99. The molecule has 0 radical (unpaired) electrons. The van der Waals surface area contributed by atoms with Crippen LogP contribution in [-0.2, 0) is 29.1 Å². The minimum absolute atomic E-state index is 0.0486. The minimum atomic E-state index is -3.99. The molecule has 7 nitrogen and oxygen atoms in total. The van der Waals surface area contributed by atoms with Crippen LogP contribution in [0, 0.1) is 6.92 Å². The molecule has 1 aromatic rings. The van der Waals surface area contributed by atoms with Gasteiger partial charge in [-0.1, -0.05) is 23.8 Å². The van der Waals surface area contributed by atoms with Gasteiger partial charge in [0, 0.05) is 13.5 Å². The number of ether oxygens (including phenoxy) is 2. The molecule has 0 aromatic heterocycles. The Kier molecular flexibility index (Phi) is 6.47. The molecule has 1 aliphatic rings. The first-order valence-electron chi connectivity index (χ1n) is 7.96. The van der Waals surface area contributed by atoms with Crippen molar-refractivity contribution in [3.8, 4) is 0 Å². The number of carbonyl (C=O) groups is 2. The SMILES string of the molecule is C=CCN(C1O[C@H](COC(C)=O)C=CC1=O)S(=O)(=O)c1ccc(C)cc1. The van der Waals surface area contributed by atoms with E-state index in [0.717, 1.165) is 9.87 Å². The van der Waals surface area contributed by atoms with Crippen molar-refractivity contribution in [1.29, 1.82) is 0 Å². The Morgan fingerprint density at radius 1 is 1.35 bits per heavy atom. The molecule has 0 amide bonds. The third-order valence-corrected chi connectivity index (χ3v) is 5.50. The van der Waals surface area contributed by atoms with Gasteiger partial charge in [0.25, 0.3) is 0 Å². The standard InChI is InChI=1S/C18H21NO6S/c1-4-11-19(26(22,23)16-8-5-13(2)6-9-16)18-17(21)10-7-15(25-18)12-24-14(3)20/h4-10,15,18H,1,11-12H2,2-3H3/t15-,18?/m0/s1. The highest BCUT2D eigenvalue weighted by atomic mass is 32.2. The Labute approximate surface area is 152 Å². The summed E-state index contributed by atoms with van der Waals surface area (Å²) in [6, 6.07) is 6.29. The summed E-state index contributed by atoms with van der Waals surface area (Å²) >= 11 is 0. The van der Waals surface area contributed by atoms with Crippen LogP contribution >= 0.6 is 0 Å². The van der Waals surface area contributed by atoms with Crippen LogP contribution in [-0.4, -0.2) is 50.0 Å². The van der Waals surface area contributed by atoms with Gasteiger partial charge in [0.1, 0.15) is 12.7 Å². The number of nitrogens with zero attached hydrogens (tertiary/aromatic N) is 1. The van der Waals surface area contributed by atoms with Crippen LogP contribution in [0.25, 0.3) is 0 Å². The van der Waals surface area contributed by atoms with Gasteiger partial charge in [-0.3, -0.25) is 9.59 Å². The van der Waals surface area contributed by atoms with E-state index >= 15 is 0 Å². The molecule has 0 bridgehead atoms. The van der Waals surface area contributed by atoms with E-state index in [9.17, 15) is 18.0 Å². The number of esters is 1. The van der Waals surface area contributed by atoms with Crippen LogP contribution in [0.4, 0.5) is 0 Å². The maximum absolute atomic E-state index is 13.0. The first-order chi connectivity index (χ1) is 12.3. The lowest BCUT2D eigenvalue weighted by Gasteiger charge is -2.32. The second kappa shape index (κ2) is 8.39. The second-order valence-corrected chi connectivity index (χ2v) is 7.66. The highest BCUT2D eigenvalue weighted by molar-refractivity contribution is 7.89. The molecule has 26 heavy (non-hydrogen) atoms. The number of hydrogen-bond acceptors (Lipinski definition) is 6. The Morgan fingerprint density at radius 2 is 2.00 bits per heavy atom. The molecule has 0 saturated heterocycles. The highest BCUT2D eigenvalue weighted by Gasteiger charge is 2.38. The van der Waals surface area contributed by atoms with Crippen molar-refractivity contribution in [2.24, 2.45) is 0 Å². The lowest BCUT2D eigenvalue weighted by Crippen LogP contribution is -2.49. The van der Waals surface area contributed by atoms with Crippen LogP contribution in [0.3, 0.4) is 0 Å². The third kappa shape index (κ3) is 4.66. The number of ketones is 1. The number of carbonyl (C=O) groups excluding carboxylic acids is 2. The highest BCUT2D eigenvalue weighted by Crippen LogP contribution is 2.23. The monoisotopic (exact) mass is 379 g/mol. The fourth-order valence-corrected chi connectivity index (χ4v) is 3.82. The van der Waals surface area contributed by atoms with Crippen molar-refractivity contribution in [3.63, 3.8) is 0 Å². The van der Waals surface area contributed by atoms with Gasteiger partial charge in [-0.2, -0.15) is 4.31 Å². The molecule has 2 rings (SSSR count). The van der Waals surface area contributed by atoms with Crippen LogP contribution in [0.1, 0.15) is 12.5 Å². The largest absolute Gasteiger partial charge is 0.463 e. The molecule has 8 heteroatoms. The van der Waals surface area contributed by atoms with Gasteiger partial charge < -0.3 is 9.47 Å². The quantitative estimate of drug-likeness (QED) is 0.528. The lowest BCUT2D eigenvalue weighted by molar-refractivity contribution is -0.152. The third-order valence-electron chi connectivity index (χ3n) is 3.67. The number of hydrogen-bond donors (Lipinski definition) is 0. The summed E-state index contributed by atoms with van der Waals surface area (Å²) in [6.07, 6.45) is 1.98. The first kappa shape index (κ1) is 20.0. The summed E-state index contributed by atoms with van der Waals surface area (Å²) in [4.78, 5) is 23.3.